The van der Waals surface area contributed by atoms with Crippen molar-refractivity contribution in [3.05, 3.63) is 88.0 Å². The standard InChI is InChI=1S/C25H22N6OS/c1-14-8-15(2)10-20(9-14)30-16(3)11-19(17(30)4)12-21-22(26)31-25(28-23(21)32)33-24(29-31)18-6-5-7-27-13-18/h5-13,26H,1-4H3. The van der Waals surface area contributed by atoms with Crippen LogP contribution in [0.4, 0.5) is 0 Å². The van der Waals surface area contributed by atoms with Gasteiger partial charge in [0.05, 0.1) is 5.57 Å². The Balaban J connectivity index is 1.53. The molecule has 7 nitrogen and oxygen atoms in total. The molecule has 2 aliphatic rings. The van der Waals surface area contributed by atoms with E-state index in [9.17, 15) is 4.79 Å². The Kier molecular flexibility index (Phi) is 5.09. The van der Waals surface area contributed by atoms with E-state index in [0.717, 1.165) is 28.2 Å². The number of aliphatic imine (C=N–C) groups is 1. The quantitative estimate of drug-likeness (QED) is 0.578. The molecule has 4 heterocycles. The number of benzene rings is 1. The predicted molar refractivity (Wildman–Crippen MR) is 133 cm³/mol. The van der Waals surface area contributed by atoms with Crippen LogP contribution in [0.15, 0.2) is 64.5 Å². The Morgan fingerprint density at radius 3 is 2.52 bits per heavy atom. The molecule has 1 amide bonds. The second-order valence-corrected chi connectivity index (χ2v) is 9.13. The second kappa shape index (κ2) is 7.97. The van der Waals surface area contributed by atoms with Crippen molar-refractivity contribution in [1.29, 1.82) is 5.41 Å². The molecule has 0 unspecified atom stereocenters. The van der Waals surface area contributed by atoms with Crippen LogP contribution in [0.1, 0.15) is 33.6 Å². The normalized spacial score (nSPS) is 16.8. The average molecular weight is 455 g/mol. The average Bonchev–Trinajstić information content (AvgIpc) is 3.31. The third-order valence-electron chi connectivity index (χ3n) is 5.60. The van der Waals surface area contributed by atoms with Crippen molar-refractivity contribution in [2.75, 3.05) is 0 Å². The van der Waals surface area contributed by atoms with Gasteiger partial charge in [-0.15, -0.1) is 0 Å². The lowest BCUT2D eigenvalue weighted by molar-refractivity contribution is -0.114. The number of fused-ring (bicyclic) bond motifs is 1. The lowest BCUT2D eigenvalue weighted by atomic mass is 10.1. The third kappa shape index (κ3) is 3.72. The van der Waals surface area contributed by atoms with E-state index >= 15 is 0 Å². The smallest absolute Gasteiger partial charge is 0.283 e. The van der Waals surface area contributed by atoms with Gasteiger partial charge in [-0.3, -0.25) is 15.2 Å². The molecule has 1 N–H and O–H groups in total. The number of amides is 1. The molecule has 2 aromatic heterocycles. The molecule has 0 spiro atoms. The molecular formula is C25H22N6OS. The van der Waals surface area contributed by atoms with Gasteiger partial charge in [0.25, 0.3) is 5.91 Å². The minimum atomic E-state index is -0.433. The number of amidine groups is 2. The number of pyridine rings is 1. The van der Waals surface area contributed by atoms with Crippen molar-refractivity contribution in [2.45, 2.75) is 27.7 Å². The van der Waals surface area contributed by atoms with Gasteiger partial charge < -0.3 is 4.57 Å². The Labute approximate surface area is 196 Å². The van der Waals surface area contributed by atoms with Gasteiger partial charge in [0.2, 0.25) is 5.17 Å². The molecule has 0 saturated heterocycles. The molecule has 0 saturated carbocycles. The summed E-state index contributed by atoms with van der Waals surface area (Å²) in [5, 5.41) is 15.7. The minimum Gasteiger partial charge on any atom is -0.318 e. The number of nitrogens with one attached hydrogen (secondary N) is 1. The van der Waals surface area contributed by atoms with Crippen molar-refractivity contribution < 1.29 is 4.79 Å². The first-order chi connectivity index (χ1) is 15.8. The summed E-state index contributed by atoms with van der Waals surface area (Å²) in [4.78, 5) is 21.2. The van der Waals surface area contributed by atoms with Crippen LogP contribution in [0, 0.1) is 33.1 Å². The van der Waals surface area contributed by atoms with Crippen LogP contribution in [0.5, 0.6) is 0 Å². The number of nitrogens with zero attached hydrogens (tertiary/aromatic N) is 5. The fourth-order valence-corrected chi connectivity index (χ4v) is 5.05. The highest BCUT2D eigenvalue weighted by Gasteiger charge is 2.36. The van der Waals surface area contributed by atoms with Gasteiger partial charge in [-0.05, 0) is 92.6 Å². The van der Waals surface area contributed by atoms with Gasteiger partial charge in [-0.1, -0.05) is 6.07 Å². The summed E-state index contributed by atoms with van der Waals surface area (Å²) in [6.45, 7) is 8.23. The molecule has 0 atom stereocenters. The highest BCUT2D eigenvalue weighted by molar-refractivity contribution is 8.27. The first-order valence-electron chi connectivity index (χ1n) is 10.5. The molecule has 2 aliphatic heterocycles. The number of hydrogen-bond donors (Lipinski definition) is 1. The van der Waals surface area contributed by atoms with Crippen LogP contribution in [-0.4, -0.2) is 36.5 Å². The van der Waals surface area contributed by atoms with Gasteiger partial charge >= 0.3 is 0 Å². The molecule has 1 aromatic carbocycles. The van der Waals surface area contributed by atoms with E-state index < -0.39 is 5.91 Å². The van der Waals surface area contributed by atoms with Crippen molar-refractivity contribution in [3.63, 3.8) is 0 Å². The summed E-state index contributed by atoms with van der Waals surface area (Å²) >= 11 is 1.27. The molecule has 0 radical (unpaired) electrons. The van der Waals surface area contributed by atoms with E-state index in [1.807, 2.05) is 32.0 Å². The van der Waals surface area contributed by atoms with Crippen molar-refractivity contribution >= 4 is 39.8 Å². The highest BCUT2D eigenvalue weighted by Crippen LogP contribution is 2.31. The molecule has 5 rings (SSSR count). The monoisotopic (exact) mass is 454 g/mol. The fourth-order valence-electron chi connectivity index (χ4n) is 4.16. The zero-order valence-electron chi connectivity index (χ0n) is 18.7. The first-order valence-corrected chi connectivity index (χ1v) is 11.3. The number of rotatable bonds is 3. The Hall–Kier alpha value is -3.78. The summed E-state index contributed by atoms with van der Waals surface area (Å²) in [5.74, 6) is -0.412. The van der Waals surface area contributed by atoms with E-state index in [2.05, 4.69) is 51.7 Å². The van der Waals surface area contributed by atoms with Gasteiger partial charge in [0.1, 0.15) is 5.04 Å². The number of carbonyl (C=O) groups is 1. The Morgan fingerprint density at radius 2 is 1.82 bits per heavy atom. The Bertz CT molecular complexity index is 1390. The predicted octanol–water partition coefficient (Wildman–Crippen LogP) is 4.77. The maximum absolute atomic E-state index is 12.9. The highest BCUT2D eigenvalue weighted by atomic mass is 32.2. The summed E-state index contributed by atoms with van der Waals surface area (Å²) in [6.07, 6.45) is 5.14. The maximum atomic E-state index is 12.9. The van der Waals surface area contributed by atoms with Gasteiger partial charge in [-0.2, -0.15) is 15.1 Å². The lowest BCUT2D eigenvalue weighted by Crippen LogP contribution is -2.35. The van der Waals surface area contributed by atoms with Gasteiger partial charge in [0, 0.05) is 35.0 Å². The van der Waals surface area contributed by atoms with Crippen LogP contribution in [0.25, 0.3) is 11.8 Å². The van der Waals surface area contributed by atoms with Gasteiger partial charge in [-0.25, -0.2) is 0 Å². The summed E-state index contributed by atoms with van der Waals surface area (Å²) in [7, 11) is 0. The summed E-state index contributed by atoms with van der Waals surface area (Å²) < 4.78 is 2.17. The number of thioether (sulfide) groups is 1. The van der Waals surface area contributed by atoms with E-state index in [-0.39, 0.29) is 11.4 Å². The molecule has 0 bridgehead atoms. The van der Waals surface area contributed by atoms with Gasteiger partial charge in [0.15, 0.2) is 5.84 Å². The third-order valence-corrected chi connectivity index (χ3v) is 6.56. The Morgan fingerprint density at radius 1 is 1.06 bits per heavy atom. The SMILES string of the molecule is Cc1cc(C)cc(-n2c(C)cc(C=C3C(=N)N4N=C(c5cccnc5)SC4=NC3=O)c2C)c1. The zero-order valence-corrected chi connectivity index (χ0v) is 19.6. The van der Waals surface area contributed by atoms with Crippen LogP contribution >= 0.6 is 11.8 Å². The van der Waals surface area contributed by atoms with Crippen LogP contribution in [-0.2, 0) is 4.79 Å². The number of hydrazone groups is 1. The molecule has 164 valence electrons. The first kappa shape index (κ1) is 21.1. The van der Waals surface area contributed by atoms with Crippen molar-refractivity contribution in [3.8, 4) is 5.69 Å². The largest absolute Gasteiger partial charge is 0.318 e. The number of hydrogen-bond acceptors (Lipinski definition) is 5. The van der Waals surface area contributed by atoms with E-state index in [1.165, 1.54) is 27.9 Å². The number of carbonyl (C=O) groups excluding carboxylic acids is 1. The van der Waals surface area contributed by atoms with Crippen molar-refractivity contribution in [1.82, 2.24) is 14.6 Å². The lowest BCUT2D eigenvalue weighted by Gasteiger charge is -2.20. The van der Waals surface area contributed by atoms with Crippen molar-refractivity contribution in [2.24, 2.45) is 10.1 Å². The molecule has 0 aliphatic carbocycles. The van der Waals surface area contributed by atoms with Crippen LogP contribution in [0.3, 0.4) is 0 Å². The maximum Gasteiger partial charge on any atom is 0.283 e. The fraction of sp³-hybridized carbons (Fsp3) is 0.160. The minimum absolute atomic E-state index is 0.0209. The second-order valence-electron chi connectivity index (χ2n) is 8.17. The number of aromatic nitrogens is 2. The zero-order chi connectivity index (χ0) is 23.3. The number of aryl methyl sites for hydroxylation is 3. The molecular weight excluding hydrogens is 432 g/mol. The van der Waals surface area contributed by atoms with E-state index in [0.29, 0.717) is 10.2 Å². The topological polar surface area (TPSA) is 86.7 Å². The van der Waals surface area contributed by atoms with Crippen LogP contribution < -0.4 is 0 Å². The van der Waals surface area contributed by atoms with E-state index in [4.69, 9.17) is 5.41 Å². The molecule has 8 heteroatoms. The molecule has 3 aromatic rings. The molecule has 0 fully saturated rings. The van der Waals surface area contributed by atoms with Crippen LogP contribution in [0.2, 0.25) is 0 Å². The summed E-state index contributed by atoms with van der Waals surface area (Å²) in [5.41, 5.74) is 7.43. The summed E-state index contributed by atoms with van der Waals surface area (Å²) in [6, 6.07) is 12.2. The molecule has 33 heavy (non-hydrogen) atoms. The van der Waals surface area contributed by atoms with E-state index in [1.54, 1.807) is 18.5 Å².